The Balaban J connectivity index is 1.56. The zero-order chi connectivity index (χ0) is 40.6. The van der Waals surface area contributed by atoms with Gasteiger partial charge in [-0.1, -0.05) is 42.5 Å². The molecule has 1 fully saturated rings. The average molecular weight is 763 g/mol. The standard InChI is InChI=1S/C43H59FN4O7/c1-30-23-35(45-37(24-30)48(40(51)55-43(8,9)10)27-32-15-12-11-13-16-32)26-33-28-47(39(50)54-42(5,6)7)29-36(33)52-22-21-46(38(49)53-41(2,3)4)20-19-31-17-14-18-34(44)25-31/h11-18,23-25,33,36H,19-22,26-29H2,1-10H3/t33-,36-/m0/s1. The van der Waals surface area contributed by atoms with Crippen LogP contribution >= 0.6 is 0 Å². The highest BCUT2D eigenvalue weighted by Crippen LogP contribution is 2.28. The lowest BCUT2D eigenvalue weighted by molar-refractivity contribution is -0.000927. The van der Waals surface area contributed by atoms with Crippen molar-refractivity contribution < 1.29 is 37.7 Å². The number of aromatic nitrogens is 1. The molecule has 1 aliphatic heterocycles. The number of hydrogen-bond acceptors (Lipinski definition) is 8. The van der Waals surface area contributed by atoms with Crippen LogP contribution in [0.4, 0.5) is 24.6 Å². The minimum absolute atomic E-state index is 0.168. The topological polar surface area (TPSA) is 111 Å². The van der Waals surface area contributed by atoms with Crippen LogP contribution in [-0.2, 0) is 38.3 Å². The average Bonchev–Trinajstić information content (AvgIpc) is 3.45. The first-order valence-electron chi connectivity index (χ1n) is 19.0. The Morgan fingerprint density at radius 1 is 0.782 bits per heavy atom. The van der Waals surface area contributed by atoms with Gasteiger partial charge in [0.1, 0.15) is 28.4 Å². The first-order chi connectivity index (χ1) is 25.6. The van der Waals surface area contributed by atoms with Crippen molar-refractivity contribution >= 4 is 24.1 Å². The van der Waals surface area contributed by atoms with Gasteiger partial charge in [0.2, 0.25) is 0 Å². The van der Waals surface area contributed by atoms with E-state index in [1.165, 1.54) is 12.1 Å². The number of hydrogen-bond donors (Lipinski definition) is 0. The molecule has 12 heteroatoms. The monoisotopic (exact) mass is 762 g/mol. The first kappa shape index (κ1) is 43.0. The van der Waals surface area contributed by atoms with E-state index in [-0.39, 0.29) is 38.0 Å². The molecule has 3 aromatic rings. The predicted molar refractivity (Wildman–Crippen MR) is 210 cm³/mol. The number of ether oxygens (including phenoxy) is 4. The minimum atomic E-state index is -0.712. The number of likely N-dealkylation sites (tertiary alicyclic amines) is 1. The van der Waals surface area contributed by atoms with Crippen LogP contribution in [-0.4, -0.2) is 88.8 Å². The van der Waals surface area contributed by atoms with Crippen LogP contribution in [0.15, 0.2) is 66.7 Å². The second-order valence-electron chi connectivity index (χ2n) is 17.2. The van der Waals surface area contributed by atoms with Crippen molar-refractivity contribution in [2.45, 2.75) is 112 Å². The van der Waals surface area contributed by atoms with Gasteiger partial charge < -0.3 is 28.7 Å². The molecule has 11 nitrogen and oxygen atoms in total. The molecule has 0 unspecified atom stereocenters. The summed E-state index contributed by atoms with van der Waals surface area (Å²) in [6.45, 7) is 19.9. The maximum absolute atomic E-state index is 13.9. The number of benzene rings is 2. The Morgan fingerprint density at radius 3 is 2.05 bits per heavy atom. The van der Waals surface area contributed by atoms with Crippen molar-refractivity contribution in [3.63, 3.8) is 0 Å². The summed E-state index contributed by atoms with van der Waals surface area (Å²) in [5, 5.41) is 0. The van der Waals surface area contributed by atoms with Crippen LogP contribution in [0, 0.1) is 18.7 Å². The number of aryl methyl sites for hydroxylation is 1. The zero-order valence-electron chi connectivity index (χ0n) is 34.2. The van der Waals surface area contributed by atoms with E-state index in [0.717, 1.165) is 22.4 Å². The van der Waals surface area contributed by atoms with Gasteiger partial charge in [0.25, 0.3) is 0 Å². The van der Waals surface area contributed by atoms with Crippen molar-refractivity contribution in [2.24, 2.45) is 5.92 Å². The molecule has 0 N–H and O–H groups in total. The van der Waals surface area contributed by atoms with Gasteiger partial charge >= 0.3 is 18.3 Å². The molecule has 300 valence electrons. The van der Waals surface area contributed by atoms with Gasteiger partial charge in [0.15, 0.2) is 0 Å². The summed E-state index contributed by atoms with van der Waals surface area (Å²) in [4.78, 5) is 49.9. The van der Waals surface area contributed by atoms with Crippen LogP contribution in [0.3, 0.4) is 0 Å². The van der Waals surface area contributed by atoms with Crippen molar-refractivity contribution in [1.82, 2.24) is 14.8 Å². The maximum Gasteiger partial charge on any atom is 0.416 e. The number of carbonyl (C=O) groups excluding carboxylic acids is 3. The van der Waals surface area contributed by atoms with Gasteiger partial charge in [-0.2, -0.15) is 0 Å². The quantitative estimate of drug-likeness (QED) is 0.169. The Labute approximate surface area is 326 Å². The lowest BCUT2D eigenvalue weighted by Gasteiger charge is -2.28. The van der Waals surface area contributed by atoms with E-state index >= 15 is 0 Å². The summed E-state index contributed by atoms with van der Waals surface area (Å²) in [6, 6.07) is 19.8. The summed E-state index contributed by atoms with van der Waals surface area (Å²) >= 11 is 0. The fourth-order valence-corrected chi connectivity index (χ4v) is 6.15. The van der Waals surface area contributed by atoms with E-state index in [9.17, 15) is 18.8 Å². The molecular weight excluding hydrogens is 703 g/mol. The minimum Gasteiger partial charge on any atom is -0.444 e. The van der Waals surface area contributed by atoms with Crippen molar-refractivity contribution in [3.05, 3.63) is 94.9 Å². The molecular formula is C43H59FN4O7. The third kappa shape index (κ3) is 14.5. The van der Waals surface area contributed by atoms with E-state index < -0.39 is 41.2 Å². The van der Waals surface area contributed by atoms with Crippen LogP contribution < -0.4 is 4.90 Å². The number of nitrogens with zero attached hydrogens (tertiary/aromatic N) is 4. The molecule has 0 bridgehead atoms. The van der Waals surface area contributed by atoms with Gasteiger partial charge in [-0.25, -0.2) is 23.8 Å². The van der Waals surface area contributed by atoms with Crippen LogP contribution in [0.5, 0.6) is 0 Å². The van der Waals surface area contributed by atoms with Crippen LogP contribution in [0.1, 0.15) is 84.7 Å². The van der Waals surface area contributed by atoms with E-state index in [1.807, 2.05) is 97.0 Å². The maximum atomic E-state index is 13.9. The largest absolute Gasteiger partial charge is 0.444 e. The molecule has 2 atom stereocenters. The fourth-order valence-electron chi connectivity index (χ4n) is 6.15. The molecule has 1 aliphatic rings. The third-order valence-corrected chi connectivity index (χ3v) is 8.49. The van der Waals surface area contributed by atoms with Crippen molar-refractivity contribution in [3.8, 4) is 0 Å². The second kappa shape index (κ2) is 18.3. The van der Waals surface area contributed by atoms with E-state index in [1.54, 1.807) is 41.5 Å². The highest BCUT2D eigenvalue weighted by atomic mass is 19.1. The first-order valence-corrected chi connectivity index (χ1v) is 19.0. The summed E-state index contributed by atoms with van der Waals surface area (Å²) < 4.78 is 37.6. The van der Waals surface area contributed by atoms with Gasteiger partial charge in [0.05, 0.1) is 25.8 Å². The molecule has 0 aliphatic carbocycles. The highest BCUT2D eigenvalue weighted by Gasteiger charge is 2.38. The number of anilines is 1. The number of pyridine rings is 1. The Kier molecular flexibility index (Phi) is 14.3. The molecule has 2 aromatic carbocycles. The Morgan fingerprint density at radius 2 is 1.42 bits per heavy atom. The van der Waals surface area contributed by atoms with Crippen LogP contribution in [0.2, 0.25) is 0 Å². The van der Waals surface area contributed by atoms with E-state index in [0.29, 0.717) is 31.7 Å². The highest BCUT2D eigenvalue weighted by molar-refractivity contribution is 5.86. The van der Waals surface area contributed by atoms with Gasteiger partial charge in [-0.15, -0.1) is 0 Å². The van der Waals surface area contributed by atoms with Crippen molar-refractivity contribution in [2.75, 3.05) is 37.7 Å². The molecule has 1 aromatic heterocycles. The van der Waals surface area contributed by atoms with E-state index in [2.05, 4.69) is 0 Å². The number of carbonyl (C=O) groups is 3. The Bertz CT molecular complexity index is 1750. The van der Waals surface area contributed by atoms with Gasteiger partial charge in [-0.3, -0.25) is 4.90 Å². The normalized spacial score (nSPS) is 16.1. The third-order valence-electron chi connectivity index (χ3n) is 8.49. The molecule has 0 radical (unpaired) electrons. The van der Waals surface area contributed by atoms with Crippen LogP contribution in [0.25, 0.3) is 0 Å². The molecule has 55 heavy (non-hydrogen) atoms. The van der Waals surface area contributed by atoms with E-state index in [4.69, 9.17) is 23.9 Å². The fraction of sp³-hybridized carbons (Fsp3) is 0.535. The van der Waals surface area contributed by atoms with Crippen molar-refractivity contribution in [1.29, 1.82) is 0 Å². The molecule has 1 saturated heterocycles. The zero-order valence-corrected chi connectivity index (χ0v) is 34.2. The second-order valence-corrected chi connectivity index (χ2v) is 17.2. The lowest BCUT2D eigenvalue weighted by atomic mass is 9.98. The molecule has 2 heterocycles. The van der Waals surface area contributed by atoms with Gasteiger partial charge in [0, 0.05) is 31.2 Å². The lowest BCUT2D eigenvalue weighted by Crippen LogP contribution is -2.41. The summed E-state index contributed by atoms with van der Waals surface area (Å²) in [6.07, 6.45) is -0.972. The number of amides is 3. The summed E-state index contributed by atoms with van der Waals surface area (Å²) in [5.74, 6) is -0.0599. The smallest absolute Gasteiger partial charge is 0.416 e. The van der Waals surface area contributed by atoms with Gasteiger partial charge in [-0.05, 0) is 123 Å². The summed E-state index contributed by atoms with van der Waals surface area (Å²) in [5.41, 5.74) is 1.22. The molecule has 0 saturated carbocycles. The Hall–Kier alpha value is -4.71. The summed E-state index contributed by atoms with van der Waals surface area (Å²) in [7, 11) is 0. The molecule has 0 spiro atoms. The predicted octanol–water partition coefficient (Wildman–Crippen LogP) is 8.75. The SMILES string of the molecule is Cc1cc(C[C@H]2CN(C(=O)OC(C)(C)C)C[C@@H]2OCCN(CCc2cccc(F)c2)C(=O)OC(C)(C)C)nc(N(Cc2ccccc2)C(=O)OC(C)(C)C)c1. The molecule has 3 amide bonds. The number of halogens is 1. The number of rotatable bonds is 12. The molecule has 4 rings (SSSR count).